The SMILES string of the molecule is CC(C)(C)c1[nH]n(-c2ccccc2C(F)(F)F)c(=O)c1CC1CC1. The Bertz CT molecular complexity index is 805. The number of rotatable bonds is 3. The maximum absolute atomic E-state index is 13.3. The van der Waals surface area contributed by atoms with Gasteiger partial charge in [0.05, 0.1) is 11.3 Å². The second-order valence-corrected chi connectivity index (χ2v) is 7.52. The molecule has 1 aromatic carbocycles. The molecule has 1 aliphatic carbocycles. The Morgan fingerprint density at radius 2 is 1.79 bits per heavy atom. The highest BCUT2D eigenvalue weighted by Crippen LogP contribution is 2.36. The molecule has 1 aromatic heterocycles. The van der Waals surface area contributed by atoms with Gasteiger partial charge in [-0.05, 0) is 37.3 Å². The average Bonchev–Trinajstić information content (AvgIpc) is 3.22. The third-order valence-electron chi connectivity index (χ3n) is 4.38. The molecule has 0 bridgehead atoms. The molecule has 24 heavy (non-hydrogen) atoms. The molecule has 0 unspecified atom stereocenters. The van der Waals surface area contributed by atoms with Gasteiger partial charge in [-0.3, -0.25) is 9.89 Å². The lowest BCUT2D eigenvalue weighted by Crippen LogP contribution is -2.21. The summed E-state index contributed by atoms with van der Waals surface area (Å²) in [5.41, 5.74) is -0.349. The predicted octanol–water partition coefficient (Wildman–Crippen LogP) is 4.43. The van der Waals surface area contributed by atoms with Crippen LogP contribution in [-0.2, 0) is 18.0 Å². The number of nitrogens with one attached hydrogen (secondary N) is 1. The molecule has 3 rings (SSSR count). The molecule has 0 radical (unpaired) electrons. The molecule has 1 fully saturated rings. The highest BCUT2D eigenvalue weighted by molar-refractivity contribution is 5.43. The number of aromatic nitrogens is 2. The highest BCUT2D eigenvalue weighted by atomic mass is 19.4. The molecule has 1 aliphatic rings. The number of H-pyrrole nitrogens is 1. The maximum atomic E-state index is 13.3. The predicted molar refractivity (Wildman–Crippen MR) is 86.5 cm³/mol. The fourth-order valence-electron chi connectivity index (χ4n) is 2.97. The fourth-order valence-corrected chi connectivity index (χ4v) is 2.97. The Balaban J connectivity index is 2.20. The topological polar surface area (TPSA) is 37.8 Å². The first kappa shape index (κ1) is 16.9. The van der Waals surface area contributed by atoms with Crippen LogP contribution in [0.2, 0.25) is 0 Å². The Labute approximate surface area is 138 Å². The monoisotopic (exact) mass is 338 g/mol. The zero-order valence-electron chi connectivity index (χ0n) is 14.0. The maximum Gasteiger partial charge on any atom is 0.418 e. The van der Waals surface area contributed by atoms with Crippen LogP contribution in [0.5, 0.6) is 0 Å². The van der Waals surface area contributed by atoms with Crippen LogP contribution in [0.3, 0.4) is 0 Å². The van der Waals surface area contributed by atoms with E-state index in [0.29, 0.717) is 17.9 Å². The smallest absolute Gasteiger partial charge is 0.294 e. The van der Waals surface area contributed by atoms with E-state index in [9.17, 15) is 18.0 Å². The summed E-state index contributed by atoms with van der Waals surface area (Å²) in [6, 6.07) is 5.17. The Morgan fingerprint density at radius 1 is 1.17 bits per heavy atom. The van der Waals surface area contributed by atoms with Crippen molar-refractivity contribution in [1.82, 2.24) is 9.78 Å². The first-order valence-electron chi connectivity index (χ1n) is 8.10. The van der Waals surface area contributed by atoms with Crippen molar-refractivity contribution in [3.05, 3.63) is 51.4 Å². The minimum Gasteiger partial charge on any atom is -0.294 e. The van der Waals surface area contributed by atoms with Gasteiger partial charge < -0.3 is 0 Å². The van der Waals surface area contributed by atoms with Crippen molar-refractivity contribution in [2.45, 2.75) is 51.6 Å². The van der Waals surface area contributed by atoms with Crippen LogP contribution in [0.25, 0.3) is 5.69 Å². The summed E-state index contributed by atoms with van der Waals surface area (Å²) in [6.07, 6.45) is -1.73. The normalized spacial score (nSPS) is 15.8. The number of halogens is 3. The van der Waals surface area contributed by atoms with Crippen molar-refractivity contribution in [2.24, 2.45) is 5.92 Å². The second kappa shape index (κ2) is 5.53. The van der Waals surface area contributed by atoms with E-state index in [2.05, 4.69) is 5.10 Å². The molecular weight excluding hydrogens is 317 g/mol. The summed E-state index contributed by atoms with van der Waals surface area (Å²) in [5.74, 6) is 0.473. The standard InChI is InChI=1S/C18H21F3N2O/c1-17(2,3)15-12(10-11-8-9-11)16(24)23(22-15)14-7-5-4-6-13(14)18(19,20)21/h4-7,11,22H,8-10H2,1-3H3. The van der Waals surface area contributed by atoms with Gasteiger partial charge in [-0.2, -0.15) is 13.2 Å². The minimum atomic E-state index is -4.51. The number of para-hydroxylation sites is 1. The molecule has 1 heterocycles. The minimum absolute atomic E-state index is 0.150. The van der Waals surface area contributed by atoms with Crippen molar-refractivity contribution in [1.29, 1.82) is 0 Å². The van der Waals surface area contributed by atoms with Crippen LogP contribution in [0.1, 0.15) is 50.4 Å². The lowest BCUT2D eigenvalue weighted by atomic mass is 9.88. The van der Waals surface area contributed by atoms with Crippen molar-refractivity contribution in [2.75, 3.05) is 0 Å². The van der Waals surface area contributed by atoms with Gasteiger partial charge in [0.25, 0.3) is 5.56 Å². The average molecular weight is 338 g/mol. The fraction of sp³-hybridized carbons (Fsp3) is 0.500. The lowest BCUT2D eigenvalue weighted by molar-refractivity contribution is -0.137. The van der Waals surface area contributed by atoms with Gasteiger partial charge in [0, 0.05) is 16.7 Å². The van der Waals surface area contributed by atoms with E-state index in [-0.39, 0.29) is 16.7 Å². The molecule has 1 N–H and O–H groups in total. The summed E-state index contributed by atoms with van der Waals surface area (Å²) in [4.78, 5) is 12.8. The number of aromatic amines is 1. The van der Waals surface area contributed by atoms with Gasteiger partial charge in [0.15, 0.2) is 0 Å². The highest BCUT2D eigenvalue weighted by Gasteiger charge is 2.36. The first-order valence-corrected chi connectivity index (χ1v) is 8.10. The molecule has 1 saturated carbocycles. The molecule has 0 aliphatic heterocycles. The third kappa shape index (κ3) is 3.14. The zero-order chi connectivity index (χ0) is 17.7. The van der Waals surface area contributed by atoms with Crippen molar-refractivity contribution in [3.8, 4) is 5.69 Å². The summed E-state index contributed by atoms with van der Waals surface area (Å²) >= 11 is 0. The van der Waals surface area contributed by atoms with Gasteiger partial charge in [-0.15, -0.1) is 0 Å². The number of hydrogen-bond acceptors (Lipinski definition) is 1. The summed E-state index contributed by atoms with van der Waals surface area (Å²) in [6.45, 7) is 5.86. The van der Waals surface area contributed by atoms with Crippen molar-refractivity contribution in [3.63, 3.8) is 0 Å². The quantitative estimate of drug-likeness (QED) is 0.883. The van der Waals surface area contributed by atoms with Crippen LogP contribution in [0.15, 0.2) is 29.1 Å². The number of benzene rings is 1. The molecule has 3 nitrogen and oxygen atoms in total. The van der Waals surface area contributed by atoms with Gasteiger partial charge in [-0.1, -0.05) is 32.9 Å². The molecule has 0 saturated heterocycles. The van der Waals surface area contributed by atoms with Gasteiger partial charge >= 0.3 is 6.18 Å². The number of nitrogens with zero attached hydrogens (tertiary/aromatic N) is 1. The zero-order valence-corrected chi connectivity index (χ0v) is 14.0. The summed E-state index contributed by atoms with van der Waals surface area (Å²) in [5, 5.41) is 2.96. The Kier molecular flexibility index (Phi) is 3.89. The van der Waals surface area contributed by atoms with E-state index >= 15 is 0 Å². The molecule has 0 spiro atoms. The van der Waals surface area contributed by atoms with E-state index in [0.717, 1.165) is 29.3 Å². The summed E-state index contributed by atoms with van der Waals surface area (Å²) < 4.78 is 41.0. The largest absolute Gasteiger partial charge is 0.418 e. The van der Waals surface area contributed by atoms with Crippen LogP contribution < -0.4 is 5.56 Å². The van der Waals surface area contributed by atoms with E-state index in [4.69, 9.17) is 0 Å². The second-order valence-electron chi connectivity index (χ2n) is 7.52. The lowest BCUT2D eigenvalue weighted by Gasteiger charge is -2.18. The van der Waals surface area contributed by atoms with Crippen LogP contribution in [0, 0.1) is 5.92 Å². The van der Waals surface area contributed by atoms with E-state index in [1.54, 1.807) is 0 Å². The van der Waals surface area contributed by atoms with Crippen molar-refractivity contribution >= 4 is 0 Å². The first-order chi connectivity index (χ1) is 11.1. The third-order valence-corrected chi connectivity index (χ3v) is 4.38. The summed E-state index contributed by atoms with van der Waals surface area (Å²) in [7, 11) is 0. The van der Waals surface area contributed by atoms with Gasteiger partial charge in [0.2, 0.25) is 0 Å². The number of alkyl halides is 3. The molecule has 130 valence electrons. The van der Waals surface area contributed by atoms with Crippen LogP contribution >= 0.6 is 0 Å². The molecule has 2 aromatic rings. The number of hydrogen-bond donors (Lipinski definition) is 1. The van der Waals surface area contributed by atoms with E-state index < -0.39 is 11.7 Å². The molecule has 6 heteroatoms. The van der Waals surface area contributed by atoms with Gasteiger partial charge in [-0.25, -0.2) is 4.68 Å². The molecular formula is C18H21F3N2O. The van der Waals surface area contributed by atoms with E-state index in [1.165, 1.54) is 18.2 Å². The molecule has 0 atom stereocenters. The van der Waals surface area contributed by atoms with E-state index in [1.807, 2.05) is 20.8 Å². The van der Waals surface area contributed by atoms with Gasteiger partial charge in [0.1, 0.15) is 0 Å². The molecule has 0 amide bonds. The Hall–Kier alpha value is -1.98. The van der Waals surface area contributed by atoms with Crippen LogP contribution in [0.4, 0.5) is 13.2 Å². The van der Waals surface area contributed by atoms with Crippen molar-refractivity contribution < 1.29 is 13.2 Å². The Morgan fingerprint density at radius 3 is 2.33 bits per heavy atom. The van der Waals surface area contributed by atoms with Crippen LogP contribution in [-0.4, -0.2) is 9.78 Å².